The maximum Gasteiger partial charge on any atom is 0.264 e. The number of hydrogen-bond acceptors (Lipinski definition) is 4. The number of aromatic nitrogens is 2. The number of aryl methyl sites for hydroxylation is 4. The second-order valence-electron chi connectivity index (χ2n) is 6.49. The minimum Gasteiger partial charge on any atom is -0.337 e. The maximum absolute atomic E-state index is 12.9. The van der Waals surface area contributed by atoms with Crippen molar-refractivity contribution >= 4 is 27.5 Å². The van der Waals surface area contributed by atoms with E-state index in [2.05, 4.69) is 37.0 Å². The van der Waals surface area contributed by atoms with Crippen molar-refractivity contribution < 1.29 is 4.79 Å². The summed E-state index contributed by atoms with van der Waals surface area (Å²) in [5.41, 5.74) is 4.09. The number of carbonyl (C=O) groups is 1. The van der Waals surface area contributed by atoms with Crippen LogP contribution >= 0.6 is 11.3 Å². The van der Waals surface area contributed by atoms with Gasteiger partial charge >= 0.3 is 0 Å². The van der Waals surface area contributed by atoms with E-state index in [4.69, 9.17) is 0 Å². The molecule has 3 rings (SSSR count). The van der Waals surface area contributed by atoms with Gasteiger partial charge in [0.1, 0.15) is 4.83 Å². The highest BCUT2D eigenvalue weighted by molar-refractivity contribution is 7.20. The Bertz CT molecular complexity index is 1030. The van der Waals surface area contributed by atoms with Gasteiger partial charge in [0.2, 0.25) is 0 Å². The highest BCUT2D eigenvalue weighted by Gasteiger charge is 2.22. The Morgan fingerprint density at radius 2 is 2.00 bits per heavy atom. The minimum absolute atomic E-state index is 0.0810. The van der Waals surface area contributed by atoms with Gasteiger partial charge in [-0.15, -0.1) is 11.3 Å². The van der Waals surface area contributed by atoms with Crippen LogP contribution in [-0.2, 0) is 13.6 Å². The molecule has 3 aromatic rings. The van der Waals surface area contributed by atoms with Crippen molar-refractivity contribution in [2.75, 3.05) is 7.05 Å². The molecule has 0 N–H and O–H groups in total. The van der Waals surface area contributed by atoms with Gasteiger partial charge in [0.25, 0.3) is 11.5 Å². The largest absolute Gasteiger partial charge is 0.337 e. The van der Waals surface area contributed by atoms with Crippen LogP contribution in [0, 0.1) is 20.8 Å². The predicted octanol–water partition coefficient (Wildman–Crippen LogP) is 3.19. The molecule has 2 heterocycles. The molecular formula is C19H21N3O2S. The van der Waals surface area contributed by atoms with Crippen molar-refractivity contribution in [3.63, 3.8) is 0 Å². The first-order chi connectivity index (χ1) is 11.8. The van der Waals surface area contributed by atoms with Crippen LogP contribution < -0.4 is 5.56 Å². The van der Waals surface area contributed by atoms with E-state index < -0.39 is 0 Å². The fourth-order valence-electron chi connectivity index (χ4n) is 2.94. The van der Waals surface area contributed by atoms with Crippen LogP contribution in [0.4, 0.5) is 0 Å². The average molecular weight is 355 g/mol. The Morgan fingerprint density at radius 3 is 2.68 bits per heavy atom. The minimum atomic E-state index is -0.116. The van der Waals surface area contributed by atoms with Gasteiger partial charge in [0.05, 0.1) is 16.6 Å². The summed E-state index contributed by atoms with van der Waals surface area (Å²) in [6.07, 6.45) is 1.49. The molecule has 0 fully saturated rings. The number of hydrogen-bond donors (Lipinski definition) is 0. The summed E-state index contributed by atoms with van der Waals surface area (Å²) in [6.45, 7) is 6.46. The lowest BCUT2D eigenvalue weighted by atomic mass is 10.1. The van der Waals surface area contributed by atoms with E-state index in [1.165, 1.54) is 33.4 Å². The number of rotatable bonds is 3. The van der Waals surface area contributed by atoms with E-state index in [9.17, 15) is 9.59 Å². The summed E-state index contributed by atoms with van der Waals surface area (Å²) in [4.78, 5) is 32.4. The van der Waals surface area contributed by atoms with Crippen LogP contribution in [0.3, 0.4) is 0 Å². The Labute approximate surface area is 150 Å². The van der Waals surface area contributed by atoms with Crippen molar-refractivity contribution in [1.82, 2.24) is 14.5 Å². The molecule has 0 saturated heterocycles. The normalized spacial score (nSPS) is 11.1. The van der Waals surface area contributed by atoms with Crippen LogP contribution in [-0.4, -0.2) is 27.4 Å². The number of carbonyl (C=O) groups excluding carboxylic acids is 1. The molecule has 0 spiro atoms. The first-order valence-electron chi connectivity index (χ1n) is 8.06. The van der Waals surface area contributed by atoms with Gasteiger partial charge in [-0.25, -0.2) is 4.98 Å². The third-order valence-electron chi connectivity index (χ3n) is 4.46. The standard InChI is InChI=1S/C19H21N3O2S/c1-11-6-7-14(12(2)8-11)9-21(4)19(24)16-13(3)15-17(25-16)20-10-22(5)18(15)23/h6-8,10H,9H2,1-5H3. The molecule has 0 aliphatic heterocycles. The van der Waals surface area contributed by atoms with Crippen LogP contribution in [0.2, 0.25) is 0 Å². The van der Waals surface area contributed by atoms with Crippen LogP contribution in [0.1, 0.15) is 31.9 Å². The summed E-state index contributed by atoms with van der Waals surface area (Å²) >= 11 is 1.28. The Balaban J connectivity index is 1.95. The number of thiophene rings is 1. The molecule has 1 aromatic carbocycles. The highest BCUT2D eigenvalue weighted by atomic mass is 32.1. The van der Waals surface area contributed by atoms with E-state index in [-0.39, 0.29) is 11.5 Å². The molecule has 0 radical (unpaired) electrons. The van der Waals surface area contributed by atoms with Gasteiger partial charge in [-0.05, 0) is 37.5 Å². The smallest absolute Gasteiger partial charge is 0.264 e. The summed E-state index contributed by atoms with van der Waals surface area (Å²) in [5, 5.41) is 0.540. The van der Waals surface area contributed by atoms with Crippen molar-refractivity contribution in [3.05, 3.63) is 62.0 Å². The van der Waals surface area contributed by atoms with Gasteiger partial charge < -0.3 is 9.47 Å². The molecule has 0 atom stereocenters. The molecule has 130 valence electrons. The quantitative estimate of drug-likeness (QED) is 0.725. The molecule has 0 bridgehead atoms. The summed E-state index contributed by atoms with van der Waals surface area (Å²) in [7, 11) is 3.46. The van der Waals surface area contributed by atoms with E-state index >= 15 is 0 Å². The Kier molecular flexibility index (Phi) is 4.47. The first-order valence-corrected chi connectivity index (χ1v) is 8.87. The van der Waals surface area contributed by atoms with Gasteiger partial charge in [-0.1, -0.05) is 23.8 Å². The second-order valence-corrected chi connectivity index (χ2v) is 7.49. The number of fused-ring (bicyclic) bond motifs is 1. The Hall–Kier alpha value is -2.47. The van der Waals surface area contributed by atoms with Gasteiger partial charge in [0, 0.05) is 20.6 Å². The fraction of sp³-hybridized carbons (Fsp3) is 0.316. The van der Waals surface area contributed by atoms with Crippen LogP contribution in [0.5, 0.6) is 0 Å². The number of benzene rings is 1. The van der Waals surface area contributed by atoms with Gasteiger partial charge in [0.15, 0.2) is 0 Å². The van der Waals surface area contributed by atoms with E-state index in [1.807, 2.05) is 6.92 Å². The number of nitrogens with zero attached hydrogens (tertiary/aromatic N) is 3. The fourth-order valence-corrected chi connectivity index (χ4v) is 4.07. The van der Waals surface area contributed by atoms with Crippen molar-refractivity contribution in [2.24, 2.45) is 7.05 Å². The van der Waals surface area contributed by atoms with Crippen LogP contribution in [0.25, 0.3) is 10.2 Å². The lowest BCUT2D eigenvalue weighted by Gasteiger charge is -2.18. The third-order valence-corrected chi connectivity index (χ3v) is 5.64. The zero-order valence-electron chi connectivity index (χ0n) is 15.1. The molecular weight excluding hydrogens is 334 g/mol. The zero-order valence-corrected chi connectivity index (χ0v) is 15.9. The van der Waals surface area contributed by atoms with Crippen molar-refractivity contribution in [2.45, 2.75) is 27.3 Å². The SMILES string of the molecule is Cc1ccc(CN(C)C(=O)c2sc3ncn(C)c(=O)c3c2C)c(C)c1. The molecule has 0 saturated carbocycles. The second kappa shape index (κ2) is 6.44. The molecule has 0 aliphatic carbocycles. The van der Waals surface area contributed by atoms with Gasteiger partial charge in [-0.2, -0.15) is 0 Å². The average Bonchev–Trinajstić information content (AvgIpc) is 2.90. The molecule has 1 amide bonds. The topological polar surface area (TPSA) is 55.2 Å². The van der Waals surface area contributed by atoms with Crippen molar-refractivity contribution in [1.29, 1.82) is 0 Å². The summed E-state index contributed by atoms with van der Waals surface area (Å²) in [5.74, 6) is -0.0810. The summed E-state index contributed by atoms with van der Waals surface area (Å²) in [6, 6.07) is 6.23. The first kappa shape index (κ1) is 17.4. The summed E-state index contributed by atoms with van der Waals surface area (Å²) < 4.78 is 1.44. The molecule has 6 heteroatoms. The molecule has 5 nitrogen and oxygen atoms in total. The predicted molar refractivity (Wildman–Crippen MR) is 101 cm³/mol. The van der Waals surface area contributed by atoms with Crippen molar-refractivity contribution in [3.8, 4) is 0 Å². The lowest BCUT2D eigenvalue weighted by molar-refractivity contribution is 0.0789. The van der Waals surface area contributed by atoms with Gasteiger partial charge in [-0.3, -0.25) is 9.59 Å². The zero-order chi connectivity index (χ0) is 18.3. The van der Waals surface area contributed by atoms with E-state index in [1.54, 1.807) is 19.0 Å². The molecule has 2 aromatic heterocycles. The third kappa shape index (κ3) is 3.09. The molecule has 0 aliphatic rings. The van der Waals surface area contributed by atoms with E-state index in [0.717, 1.165) is 5.56 Å². The highest BCUT2D eigenvalue weighted by Crippen LogP contribution is 2.28. The number of amides is 1. The van der Waals surface area contributed by atoms with E-state index in [0.29, 0.717) is 27.2 Å². The maximum atomic E-state index is 12.9. The Morgan fingerprint density at radius 1 is 1.28 bits per heavy atom. The molecule has 0 unspecified atom stereocenters. The lowest BCUT2D eigenvalue weighted by Crippen LogP contribution is -2.26. The molecule has 25 heavy (non-hydrogen) atoms. The van der Waals surface area contributed by atoms with Crippen LogP contribution in [0.15, 0.2) is 29.3 Å². The monoisotopic (exact) mass is 355 g/mol.